The van der Waals surface area contributed by atoms with Gasteiger partial charge in [-0.2, -0.15) is 0 Å². The predicted octanol–water partition coefficient (Wildman–Crippen LogP) is 4.70. The predicted molar refractivity (Wildman–Crippen MR) is 167 cm³/mol. The highest BCUT2D eigenvalue weighted by atomic mass is 16.7. The molecule has 3 aliphatic heterocycles. The lowest BCUT2D eigenvalue weighted by Crippen LogP contribution is -2.59. The van der Waals surface area contributed by atoms with Gasteiger partial charge < -0.3 is 25.0 Å². The van der Waals surface area contributed by atoms with Gasteiger partial charge in [0.25, 0.3) is 0 Å². The number of nitrogens with one attached hydrogen (secondary N) is 2. The summed E-state index contributed by atoms with van der Waals surface area (Å²) >= 11 is 0. The van der Waals surface area contributed by atoms with Crippen molar-refractivity contribution in [3.05, 3.63) is 0 Å². The molecule has 2 amide bonds. The lowest BCUT2D eigenvalue weighted by atomic mass is 9.44. The molecule has 0 bridgehead atoms. The van der Waals surface area contributed by atoms with Crippen molar-refractivity contribution in [3.63, 3.8) is 0 Å². The van der Waals surface area contributed by atoms with Crippen LogP contribution in [0.3, 0.4) is 0 Å². The Morgan fingerprint density at radius 3 is 2.34 bits per heavy atom. The maximum absolute atomic E-state index is 14.4. The van der Waals surface area contributed by atoms with Gasteiger partial charge in [0.15, 0.2) is 5.79 Å². The summed E-state index contributed by atoms with van der Waals surface area (Å²) in [6.45, 7) is 12.0. The number of carbonyl (C=O) groups is 3. The molecular formula is C36H57N3O5. The van der Waals surface area contributed by atoms with E-state index >= 15 is 0 Å². The molecule has 3 saturated heterocycles. The van der Waals surface area contributed by atoms with Crippen molar-refractivity contribution in [1.82, 2.24) is 15.5 Å². The first-order chi connectivity index (χ1) is 20.9. The number of Topliss-reactive ketones (excluding diaryl/α,β-unsaturated/α-hetero) is 1. The average Bonchev–Trinajstić information content (AvgIpc) is 3.43. The van der Waals surface area contributed by atoms with Gasteiger partial charge in [-0.05, 0) is 113 Å². The highest BCUT2D eigenvalue weighted by Gasteiger charge is 2.71. The second-order valence-corrected chi connectivity index (χ2v) is 16.9. The summed E-state index contributed by atoms with van der Waals surface area (Å²) in [7, 11) is 2.10. The van der Waals surface area contributed by atoms with Gasteiger partial charge in [-0.15, -0.1) is 0 Å². The monoisotopic (exact) mass is 611 g/mol. The summed E-state index contributed by atoms with van der Waals surface area (Å²) in [5, 5.41) is 6.30. The number of hydrogen-bond acceptors (Lipinski definition) is 6. The summed E-state index contributed by atoms with van der Waals surface area (Å²) in [4.78, 5) is 42.1. The van der Waals surface area contributed by atoms with E-state index in [2.05, 4.69) is 50.3 Å². The molecule has 0 aromatic heterocycles. The van der Waals surface area contributed by atoms with Crippen LogP contribution in [0.4, 0.5) is 0 Å². The van der Waals surface area contributed by atoms with Crippen LogP contribution in [0.1, 0.15) is 105 Å². The lowest BCUT2D eigenvalue weighted by molar-refractivity contribution is -0.272. The second-order valence-electron chi connectivity index (χ2n) is 16.9. The number of nitrogens with zero attached hydrogens (tertiary/aromatic N) is 1. The van der Waals surface area contributed by atoms with Crippen molar-refractivity contribution in [2.24, 2.45) is 52.3 Å². The average molecular weight is 612 g/mol. The van der Waals surface area contributed by atoms with Gasteiger partial charge in [0.05, 0.1) is 12.7 Å². The molecular weight excluding hydrogens is 554 g/mol. The highest BCUT2D eigenvalue weighted by Crippen LogP contribution is 2.70. The molecule has 3 heterocycles. The third-order valence-corrected chi connectivity index (χ3v) is 14.6. The molecule has 0 radical (unpaired) electrons. The van der Waals surface area contributed by atoms with Crippen LogP contribution in [0.5, 0.6) is 0 Å². The van der Waals surface area contributed by atoms with Gasteiger partial charge in [-0.25, -0.2) is 0 Å². The normalized spacial score (nSPS) is 49.1. The number of ether oxygens (including phenoxy) is 2. The van der Waals surface area contributed by atoms with E-state index in [4.69, 9.17) is 9.47 Å². The first-order valence-electron chi connectivity index (χ1n) is 18.1. The van der Waals surface area contributed by atoms with E-state index in [1.807, 2.05) is 0 Å². The van der Waals surface area contributed by atoms with E-state index in [0.29, 0.717) is 41.8 Å². The van der Waals surface area contributed by atoms with E-state index in [1.54, 1.807) is 0 Å². The summed E-state index contributed by atoms with van der Waals surface area (Å²) in [5.41, 5.74) is -0.190. The Bertz CT molecular complexity index is 1140. The Balaban J connectivity index is 0.973. The number of likely N-dealkylation sites (tertiary alicyclic amines) is 1. The quantitative estimate of drug-likeness (QED) is 0.448. The lowest BCUT2D eigenvalue weighted by Gasteiger charge is -2.60. The molecule has 2 N–H and O–H groups in total. The molecule has 7 aliphatic rings. The molecule has 0 aromatic rings. The van der Waals surface area contributed by atoms with Crippen LogP contribution in [-0.2, 0) is 23.9 Å². The largest absolute Gasteiger partial charge is 0.353 e. The van der Waals surface area contributed by atoms with Gasteiger partial charge in [0.2, 0.25) is 11.8 Å². The van der Waals surface area contributed by atoms with E-state index in [-0.39, 0.29) is 59.1 Å². The number of piperidine rings is 1. The van der Waals surface area contributed by atoms with Crippen LogP contribution in [0, 0.1) is 52.3 Å². The van der Waals surface area contributed by atoms with Crippen LogP contribution < -0.4 is 10.6 Å². The van der Waals surface area contributed by atoms with Crippen LogP contribution in [0.15, 0.2) is 0 Å². The number of rotatable bonds is 4. The van der Waals surface area contributed by atoms with E-state index in [1.165, 1.54) is 6.42 Å². The Hall–Kier alpha value is -1.51. The standard InChI is InChI=1S/C36H57N3O5/c1-21-8-13-36(43-20-21)22(2)33-29(44-36)17-28-26-7-6-23-16-25(9-12-34(23,3)27(26)18-30(40)35(28,33)4)38-32(42)19-31(41)37-24-10-14-39(5)15-11-24/h21-29,33H,6-20H2,1-5H3,(H,37,41)(H,38,42)/t21-,22+,23+,25-,26-,27+,28+,29+,33+,34+,35-,36-/m1/s1. The Labute approximate surface area is 264 Å². The number of hydrogen-bond donors (Lipinski definition) is 2. The first-order valence-corrected chi connectivity index (χ1v) is 18.1. The van der Waals surface area contributed by atoms with Crippen molar-refractivity contribution in [3.8, 4) is 0 Å². The summed E-state index contributed by atoms with van der Waals surface area (Å²) in [5.74, 6) is 2.62. The Morgan fingerprint density at radius 2 is 1.64 bits per heavy atom. The highest BCUT2D eigenvalue weighted by molar-refractivity contribution is 5.97. The molecule has 44 heavy (non-hydrogen) atoms. The Morgan fingerprint density at radius 1 is 0.909 bits per heavy atom. The van der Waals surface area contributed by atoms with Crippen LogP contribution in [0.25, 0.3) is 0 Å². The number of ketones is 1. The van der Waals surface area contributed by atoms with Gasteiger partial charge in [-0.3, -0.25) is 14.4 Å². The van der Waals surface area contributed by atoms with Gasteiger partial charge >= 0.3 is 0 Å². The van der Waals surface area contributed by atoms with Crippen molar-refractivity contribution < 1.29 is 23.9 Å². The third-order valence-electron chi connectivity index (χ3n) is 14.6. The molecule has 7 rings (SSSR count). The summed E-state index contributed by atoms with van der Waals surface area (Å²) in [6.07, 6.45) is 11.0. The second kappa shape index (κ2) is 11.3. The molecule has 7 fully saturated rings. The van der Waals surface area contributed by atoms with E-state index in [9.17, 15) is 14.4 Å². The fraction of sp³-hybridized carbons (Fsp3) is 0.917. The van der Waals surface area contributed by atoms with Crippen LogP contribution in [0.2, 0.25) is 0 Å². The molecule has 12 atom stereocenters. The molecule has 0 unspecified atom stereocenters. The number of fused-ring (bicyclic) bond motifs is 7. The molecule has 4 aliphatic carbocycles. The molecule has 246 valence electrons. The molecule has 8 heteroatoms. The first kappa shape index (κ1) is 31.1. The van der Waals surface area contributed by atoms with Crippen molar-refractivity contribution >= 4 is 17.6 Å². The van der Waals surface area contributed by atoms with Gasteiger partial charge in [0.1, 0.15) is 12.2 Å². The Kier molecular flexibility index (Phi) is 8.01. The van der Waals surface area contributed by atoms with Crippen molar-refractivity contribution in [2.45, 2.75) is 129 Å². The number of carbonyl (C=O) groups excluding carboxylic acids is 3. The molecule has 0 aromatic carbocycles. The molecule has 4 saturated carbocycles. The van der Waals surface area contributed by atoms with Crippen LogP contribution in [-0.4, -0.2) is 73.2 Å². The van der Waals surface area contributed by atoms with Gasteiger partial charge in [-0.1, -0.05) is 27.7 Å². The third kappa shape index (κ3) is 4.99. The fourth-order valence-electron chi connectivity index (χ4n) is 11.9. The maximum atomic E-state index is 14.4. The summed E-state index contributed by atoms with van der Waals surface area (Å²) < 4.78 is 13.3. The smallest absolute Gasteiger partial charge is 0.229 e. The minimum atomic E-state index is -0.493. The zero-order valence-corrected chi connectivity index (χ0v) is 27.9. The zero-order valence-electron chi connectivity index (χ0n) is 27.9. The topological polar surface area (TPSA) is 97.0 Å². The fourth-order valence-corrected chi connectivity index (χ4v) is 11.9. The van der Waals surface area contributed by atoms with Gasteiger partial charge in [0, 0.05) is 42.2 Å². The van der Waals surface area contributed by atoms with Crippen molar-refractivity contribution in [1.29, 1.82) is 0 Å². The SMILES string of the molecule is C[C@@H]1CC[C@@]2(OC1)O[C@H]1C[C@H]3[C@@H]4CC[C@H]5C[C@H](NC(=O)CC(=O)NC6CCN(C)CC6)CC[C@]5(C)[C@H]4CC(=O)[C@]3(C)[C@H]1[C@@H]2C. The minimum absolute atomic E-state index is 0.0849. The zero-order chi connectivity index (χ0) is 31.0. The minimum Gasteiger partial charge on any atom is -0.353 e. The van der Waals surface area contributed by atoms with Crippen LogP contribution >= 0.6 is 0 Å². The summed E-state index contributed by atoms with van der Waals surface area (Å²) in [6, 6.07) is 0.296. The molecule has 1 spiro atoms. The van der Waals surface area contributed by atoms with E-state index in [0.717, 1.165) is 77.5 Å². The van der Waals surface area contributed by atoms with Crippen molar-refractivity contribution in [2.75, 3.05) is 26.7 Å². The maximum Gasteiger partial charge on any atom is 0.229 e. The van der Waals surface area contributed by atoms with E-state index < -0.39 is 5.79 Å². The molecule has 8 nitrogen and oxygen atoms in total. The number of amides is 2.